The zero-order valence-electron chi connectivity index (χ0n) is 20.4. The van der Waals surface area contributed by atoms with Gasteiger partial charge in [-0.1, -0.05) is 12.1 Å². The van der Waals surface area contributed by atoms with E-state index >= 15 is 0 Å². The molecule has 3 rings (SSSR count). The second-order valence-electron chi connectivity index (χ2n) is 7.68. The lowest BCUT2D eigenvalue weighted by Gasteiger charge is -2.24. The maximum atomic E-state index is 13.7. The molecule has 0 aliphatic carbocycles. The molecule has 8 nitrogen and oxygen atoms in total. The third kappa shape index (κ3) is 6.66. The first-order valence-electron chi connectivity index (χ1n) is 11.3. The summed E-state index contributed by atoms with van der Waals surface area (Å²) < 4.78 is 57.3. The Morgan fingerprint density at radius 2 is 1.61 bits per heavy atom. The molecule has 0 spiro atoms. The molecule has 0 heterocycles. The van der Waals surface area contributed by atoms with Crippen molar-refractivity contribution < 1.29 is 31.8 Å². The van der Waals surface area contributed by atoms with E-state index in [1.54, 1.807) is 36.4 Å². The molecule has 0 saturated carbocycles. The minimum atomic E-state index is -4.16. The molecule has 0 bridgehead atoms. The van der Waals surface area contributed by atoms with Crippen LogP contribution in [0.4, 0.5) is 10.1 Å². The van der Waals surface area contributed by atoms with Gasteiger partial charge in [0, 0.05) is 12.6 Å². The van der Waals surface area contributed by atoms with Crippen LogP contribution in [-0.2, 0) is 21.2 Å². The van der Waals surface area contributed by atoms with Gasteiger partial charge in [0.2, 0.25) is 5.91 Å². The van der Waals surface area contributed by atoms with E-state index in [1.807, 2.05) is 6.92 Å². The van der Waals surface area contributed by atoms with E-state index in [9.17, 15) is 17.6 Å². The normalized spacial score (nSPS) is 11.0. The van der Waals surface area contributed by atoms with Crippen LogP contribution < -0.4 is 23.8 Å². The number of hydrogen-bond donors (Lipinski definition) is 1. The minimum absolute atomic E-state index is 0.0619. The number of halogens is 1. The van der Waals surface area contributed by atoms with Gasteiger partial charge in [-0.2, -0.15) is 0 Å². The molecule has 0 fully saturated rings. The molecule has 0 radical (unpaired) electrons. The molecule has 3 aromatic carbocycles. The van der Waals surface area contributed by atoms with Crippen LogP contribution in [0, 0.1) is 5.82 Å². The molecule has 1 amide bonds. The zero-order chi connectivity index (χ0) is 26.1. The van der Waals surface area contributed by atoms with Crippen molar-refractivity contribution in [3.63, 3.8) is 0 Å². The molecule has 0 aliphatic heterocycles. The summed E-state index contributed by atoms with van der Waals surface area (Å²) in [6.07, 6.45) is 0.470. The van der Waals surface area contributed by atoms with E-state index in [0.717, 1.165) is 9.87 Å². The first-order valence-corrected chi connectivity index (χ1v) is 12.7. The highest BCUT2D eigenvalue weighted by molar-refractivity contribution is 7.92. The topological polar surface area (TPSA) is 94.2 Å². The van der Waals surface area contributed by atoms with Crippen LogP contribution in [-0.4, -0.2) is 48.2 Å². The molecule has 3 aromatic rings. The maximum absolute atomic E-state index is 13.7. The van der Waals surface area contributed by atoms with E-state index in [2.05, 4.69) is 5.32 Å². The van der Waals surface area contributed by atoms with Crippen molar-refractivity contribution in [1.82, 2.24) is 5.32 Å². The number of anilines is 1. The number of ether oxygens (including phenoxy) is 3. The average molecular weight is 517 g/mol. The van der Waals surface area contributed by atoms with Crippen molar-refractivity contribution in [2.75, 3.05) is 38.2 Å². The second kappa shape index (κ2) is 12.3. The highest BCUT2D eigenvalue weighted by Crippen LogP contribution is 2.32. The molecule has 0 atom stereocenters. The Morgan fingerprint density at radius 1 is 0.944 bits per heavy atom. The summed E-state index contributed by atoms with van der Waals surface area (Å²) in [5.41, 5.74) is 1.14. The maximum Gasteiger partial charge on any atom is 0.264 e. The summed E-state index contributed by atoms with van der Waals surface area (Å²) >= 11 is 0. The van der Waals surface area contributed by atoms with E-state index in [1.165, 1.54) is 44.6 Å². The Morgan fingerprint density at radius 3 is 2.22 bits per heavy atom. The molecule has 0 unspecified atom stereocenters. The number of nitrogens with one attached hydrogen (secondary N) is 1. The molecule has 1 N–H and O–H groups in total. The van der Waals surface area contributed by atoms with Gasteiger partial charge in [0.15, 0.2) is 11.5 Å². The lowest BCUT2D eigenvalue weighted by Crippen LogP contribution is -2.41. The first kappa shape index (κ1) is 26.8. The van der Waals surface area contributed by atoms with Crippen LogP contribution in [0.2, 0.25) is 0 Å². The van der Waals surface area contributed by atoms with Gasteiger partial charge in [0.05, 0.1) is 31.4 Å². The van der Waals surface area contributed by atoms with E-state index in [-0.39, 0.29) is 23.0 Å². The summed E-state index contributed by atoms with van der Waals surface area (Å²) in [5.74, 6) is 0.370. The molecule has 192 valence electrons. The Hall–Kier alpha value is -3.79. The van der Waals surface area contributed by atoms with Crippen molar-refractivity contribution in [2.24, 2.45) is 0 Å². The number of rotatable bonds is 12. The number of methoxy groups -OCH3 is 2. The molecular weight excluding hydrogens is 487 g/mol. The third-order valence-corrected chi connectivity index (χ3v) is 7.08. The summed E-state index contributed by atoms with van der Waals surface area (Å²) in [6, 6.07) is 16.6. The molecule has 0 saturated heterocycles. The minimum Gasteiger partial charge on any atom is -0.494 e. The fourth-order valence-electron chi connectivity index (χ4n) is 3.48. The summed E-state index contributed by atoms with van der Waals surface area (Å²) in [6.45, 7) is 2.12. The predicted octanol–water partition coefficient (Wildman–Crippen LogP) is 3.80. The number of nitrogens with zero attached hydrogens (tertiary/aromatic N) is 1. The number of carbonyl (C=O) groups is 1. The lowest BCUT2D eigenvalue weighted by atomic mass is 10.1. The summed E-state index contributed by atoms with van der Waals surface area (Å²) in [5, 5.41) is 2.73. The Kier molecular flexibility index (Phi) is 9.13. The van der Waals surface area contributed by atoms with Crippen LogP contribution in [0.25, 0.3) is 0 Å². The van der Waals surface area contributed by atoms with Gasteiger partial charge in [-0.25, -0.2) is 12.8 Å². The molecular formula is C26H29FN2O6S. The van der Waals surface area contributed by atoms with Crippen LogP contribution in [0.3, 0.4) is 0 Å². The number of benzene rings is 3. The van der Waals surface area contributed by atoms with Crippen molar-refractivity contribution >= 4 is 21.6 Å². The van der Waals surface area contributed by atoms with E-state index in [0.29, 0.717) is 30.2 Å². The van der Waals surface area contributed by atoms with Gasteiger partial charge >= 0.3 is 0 Å². The second-order valence-corrected chi connectivity index (χ2v) is 9.54. The van der Waals surface area contributed by atoms with Crippen LogP contribution >= 0.6 is 0 Å². The van der Waals surface area contributed by atoms with Crippen molar-refractivity contribution in [3.05, 3.63) is 78.1 Å². The highest BCUT2D eigenvalue weighted by Gasteiger charge is 2.28. The van der Waals surface area contributed by atoms with Gasteiger partial charge in [-0.3, -0.25) is 9.10 Å². The SMILES string of the molecule is CCOc1ccc(N(CC(=O)NCCc2ccc(F)cc2)S(=O)(=O)c2ccc(OC)c(OC)c2)cc1. The van der Waals surface area contributed by atoms with E-state index in [4.69, 9.17) is 14.2 Å². The number of sulfonamides is 1. The smallest absolute Gasteiger partial charge is 0.264 e. The summed E-state index contributed by atoms with van der Waals surface area (Å²) in [7, 11) is -1.30. The van der Waals surface area contributed by atoms with E-state index < -0.39 is 22.5 Å². The van der Waals surface area contributed by atoms with Crippen LogP contribution in [0.5, 0.6) is 17.2 Å². The van der Waals surface area contributed by atoms with Gasteiger partial charge in [0.1, 0.15) is 18.1 Å². The van der Waals surface area contributed by atoms with Crippen LogP contribution in [0.15, 0.2) is 71.6 Å². The average Bonchev–Trinajstić information content (AvgIpc) is 2.88. The Balaban J connectivity index is 1.84. The van der Waals surface area contributed by atoms with Gasteiger partial charge < -0.3 is 19.5 Å². The third-order valence-electron chi connectivity index (χ3n) is 5.32. The van der Waals surface area contributed by atoms with Crippen molar-refractivity contribution in [1.29, 1.82) is 0 Å². The van der Waals surface area contributed by atoms with Crippen LogP contribution in [0.1, 0.15) is 12.5 Å². The lowest BCUT2D eigenvalue weighted by molar-refractivity contribution is -0.119. The zero-order valence-corrected chi connectivity index (χ0v) is 21.2. The Bertz CT molecular complexity index is 1260. The fourth-order valence-corrected chi connectivity index (χ4v) is 4.92. The Labute approximate surface area is 210 Å². The quantitative estimate of drug-likeness (QED) is 0.394. The monoisotopic (exact) mass is 516 g/mol. The van der Waals surface area contributed by atoms with Crippen molar-refractivity contribution in [2.45, 2.75) is 18.2 Å². The largest absolute Gasteiger partial charge is 0.494 e. The van der Waals surface area contributed by atoms with Crippen molar-refractivity contribution in [3.8, 4) is 17.2 Å². The molecule has 36 heavy (non-hydrogen) atoms. The first-order chi connectivity index (χ1) is 17.3. The highest BCUT2D eigenvalue weighted by atomic mass is 32.2. The molecule has 0 aromatic heterocycles. The number of amides is 1. The summed E-state index contributed by atoms with van der Waals surface area (Å²) in [4.78, 5) is 12.7. The molecule has 10 heteroatoms. The van der Waals surface area contributed by atoms with Gasteiger partial charge in [-0.15, -0.1) is 0 Å². The number of hydrogen-bond acceptors (Lipinski definition) is 6. The standard InChI is InChI=1S/C26H29FN2O6S/c1-4-35-22-11-9-21(10-12-22)29(18-26(30)28-16-15-19-5-7-20(27)8-6-19)36(31,32)23-13-14-24(33-2)25(17-23)34-3/h5-14,17H,4,15-16,18H2,1-3H3,(H,28,30). The molecule has 0 aliphatic rings. The van der Waals surface area contributed by atoms with Gasteiger partial charge in [-0.05, 0) is 67.4 Å². The number of carbonyl (C=O) groups excluding carboxylic acids is 1. The fraction of sp³-hybridized carbons (Fsp3) is 0.269. The van der Waals surface area contributed by atoms with Gasteiger partial charge in [0.25, 0.3) is 10.0 Å². The predicted molar refractivity (Wildman–Crippen MR) is 135 cm³/mol.